The molecule has 7 heteroatoms. The number of carboxylic acid groups (broad SMARTS) is 2. The third kappa shape index (κ3) is 2.48. The van der Waals surface area contributed by atoms with Gasteiger partial charge in [0.2, 0.25) is 11.8 Å². The first-order valence-corrected chi connectivity index (χ1v) is 7.34. The maximum atomic E-state index is 12.5. The Kier molecular flexibility index (Phi) is 3.63. The van der Waals surface area contributed by atoms with Crippen molar-refractivity contribution in [2.75, 3.05) is 4.90 Å². The summed E-state index contributed by atoms with van der Waals surface area (Å²) in [4.78, 5) is 48.1. The van der Waals surface area contributed by atoms with Crippen LogP contribution in [0.4, 0.5) is 5.69 Å². The molecule has 2 aliphatic rings. The molecule has 1 aliphatic heterocycles. The van der Waals surface area contributed by atoms with Gasteiger partial charge in [-0.3, -0.25) is 19.3 Å². The van der Waals surface area contributed by atoms with Crippen LogP contribution in [0.1, 0.15) is 29.6 Å². The van der Waals surface area contributed by atoms with Crippen molar-refractivity contribution in [3.05, 3.63) is 29.8 Å². The summed E-state index contributed by atoms with van der Waals surface area (Å²) in [5, 5.41) is 18.0. The minimum absolute atomic E-state index is 0.0659. The van der Waals surface area contributed by atoms with Gasteiger partial charge in [-0.2, -0.15) is 0 Å². The highest BCUT2D eigenvalue weighted by atomic mass is 16.4. The Bertz CT molecular complexity index is 695. The number of benzene rings is 1. The molecule has 2 N–H and O–H groups in total. The van der Waals surface area contributed by atoms with Crippen LogP contribution >= 0.6 is 0 Å². The zero-order valence-electron chi connectivity index (χ0n) is 12.1. The Balaban J connectivity index is 1.87. The highest BCUT2D eigenvalue weighted by molar-refractivity contribution is 6.22. The second-order valence-electron chi connectivity index (χ2n) is 5.93. The second kappa shape index (κ2) is 5.49. The van der Waals surface area contributed by atoms with E-state index >= 15 is 0 Å². The van der Waals surface area contributed by atoms with Gasteiger partial charge in [0, 0.05) is 0 Å². The van der Waals surface area contributed by atoms with E-state index in [0.717, 1.165) is 4.90 Å². The van der Waals surface area contributed by atoms with Crippen LogP contribution in [-0.4, -0.2) is 34.0 Å². The Hall–Kier alpha value is -2.70. The summed E-state index contributed by atoms with van der Waals surface area (Å²) in [5.41, 5.74) is 0.391. The largest absolute Gasteiger partial charge is 0.481 e. The smallest absolute Gasteiger partial charge is 0.335 e. The Morgan fingerprint density at radius 1 is 0.957 bits per heavy atom. The molecule has 1 aliphatic carbocycles. The molecule has 0 radical (unpaired) electrons. The van der Waals surface area contributed by atoms with Crippen molar-refractivity contribution in [1.82, 2.24) is 0 Å². The molecule has 0 bridgehead atoms. The van der Waals surface area contributed by atoms with Crippen LogP contribution in [0, 0.1) is 17.8 Å². The first kappa shape index (κ1) is 15.2. The van der Waals surface area contributed by atoms with E-state index < -0.39 is 35.6 Å². The average molecular weight is 317 g/mol. The van der Waals surface area contributed by atoms with Crippen LogP contribution in [0.3, 0.4) is 0 Å². The summed E-state index contributed by atoms with van der Waals surface area (Å²) < 4.78 is 0. The van der Waals surface area contributed by atoms with Crippen LogP contribution < -0.4 is 4.90 Å². The zero-order valence-corrected chi connectivity index (χ0v) is 12.1. The molecular weight excluding hydrogens is 302 g/mol. The van der Waals surface area contributed by atoms with Crippen molar-refractivity contribution in [2.24, 2.45) is 17.8 Å². The van der Waals surface area contributed by atoms with Gasteiger partial charge in [-0.05, 0) is 43.5 Å². The fraction of sp³-hybridized carbons (Fsp3) is 0.375. The molecule has 2 amide bonds. The predicted octanol–water partition coefficient (Wildman–Crippen LogP) is 1.38. The van der Waals surface area contributed by atoms with Gasteiger partial charge in [-0.25, -0.2) is 4.79 Å². The molecule has 1 saturated heterocycles. The third-order valence-corrected chi connectivity index (χ3v) is 4.65. The summed E-state index contributed by atoms with van der Waals surface area (Å²) in [5.74, 6) is -4.42. The molecule has 7 nitrogen and oxygen atoms in total. The fourth-order valence-corrected chi connectivity index (χ4v) is 3.41. The van der Waals surface area contributed by atoms with E-state index in [1.54, 1.807) is 0 Å². The van der Waals surface area contributed by atoms with Gasteiger partial charge in [0.15, 0.2) is 0 Å². The van der Waals surface area contributed by atoms with Crippen LogP contribution in [0.25, 0.3) is 0 Å². The highest BCUT2D eigenvalue weighted by Gasteiger charge is 2.51. The number of carboxylic acids is 2. The van der Waals surface area contributed by atoms with Gasteiger partial charge in [-0.15, -0.1) is 0 Å². The van der Waals surface area contributed by atoms with Gasteiger partial charge >= 0.3 is 11.9 Å². The van der Waals surface area contributed by atoms with Gasteiger partial charge in [0.25, 0.3) is 0 Å². The topological polar surface area (TPSA) is 112 Å². The van der Waals surface area contributed by atoms with Crippen molar-refractivity contribution in [1.29, 1.82) is 0 Å². The van der Waals surface area contributed by atoms with Crippen LogP contribution in [-0.2, 0) is 14.4 Å². The number of hydrogen-bond donors (Lipinski definition) is 2. The lowest BCUT2D eigenvalue weighted by Crippen LogP contribution is -2.31. The predicted molar refractivity (Wildman–Crippen MR) is 77.9 cm³/mol. The zero-order chi connectivity index (χ0) is 16.7. The molecule has 3 atom stereocenters. The number of nitrogens with zero attached hydrogens (tertiary/aromatic N) is 1. The van der Waals surface area contributed by atoms with Crippen molar-refractivity contribution in [3.8, 4) is 0 Å². The molecule has 2 fully saturated rings. The quantitative estimate of drug-likeness (QED) is 0.814. The molecule has 0 unspecified atom stereocenters. The number of aromatic carboxylic acids is 1. The van der Waals surface area contributed by atoms with Gasteiger partial charge in [0.05, 0.1) is 29.0 Å². The summed E-state index contributed by atoms with van der Waals surface area (Å²) in [6, 6.07) is 5.51. The summed E-state index contributed by atoms with van der Waals surface area (Å²) in [6.07, 6.45) is 0.950. The normalized spacial score (nSPS) is 27.0. The van der Waals surface area contributed by atoms with Gasteiger partial charge in [0.1, 0.15) is 0 Å². The van der Waals surface area contributed by atoms with E-state index in [1.165, 1.54) is 24.3 Å². The molecule has 0 aromatic heterocycles. The first-order valence-electron chi connectivity index (χ1n) is 7.34. The molecule has 120 valence electrons. The van der Waals surface area contributed by atoms with Crippen molar-refractivity contribution in [3.63, 3.8) is 0 Å². The van der Waals surface area contributed by atoms with Crippen LogP contribution in [0.15, 0.2) is 24.3 Å². The highest BCUT2D eigenvalue weighted by Crippen LogP contribution is 2.42. The van der Waals surface area contributed by atoms with E-state index in [2.05, 4.69) is 0 Å². The molecule has 1 heterocycles. The molecule has 3 rings (SSSR count). The van der Waals surface area contributed by atoms with Crippen molar-refractivity contribution in [2.45, 2.75) is 19.3 Å². The maximum absolute atomic E-state index is 12.5. The molecule has 1 aromatic carbocycles. The fourth-order valence-electron chi connectivity index (χ4n) is 3.41. The number of hydrogen-bond acceptors (Lipinski definition) is 4. The van der Waals surface area contributed by atoms with Crippen molar-refractivity contribution < 1.29 is 29.4 Å². The van der Waals surface area contributed by atoms with E-state index in [1.807, 2.05) is 0 Å². The van der Waals surface area contributed by atoms with E-state index in [-0.39, 0.29) is 17.9 Å². The average Bonchev–Trinajstić information content (AvgIpc) is 2.78. The maximum Gasteiger partial charge on any atom is 0.335 e. The number of amides is 2. The van der Waals surface area contributed by atoms with Crippen LogP contribution in [0.2, 0.25) is 0 Å². The minimum Gasteiger partial charge on any atom is -0.481 e. The summed E-state index contributed by atoms with van der Waals surface area (Å²) in [7, 11) is 0. The molecular formula is C16H15NO6. The van der Waals surface area contributed by atoms with Gasteiger partial charge in [-0.1, -0.05) is 0 Å². The number of carbonyl (C=O) groups excluding carboxylic acids is 2. The Labute approximate surface area is 131 Å². The monoisotopic (exact) mass is 317 g/mol. The number of rotatable bonds is 3. The second-order valence-corrected chi connectivity index (χ2v) is 5.93. The van der Waals surface area contributed by atoms with Gasteiger partial charge < -0.3 is 10.2 Å². The van der Waals surface area contributed by atoms with E-state index in [0.29, 0.717) is 18.5 Å². The summed E-state index contributed by atoms with van der Waals surface area (Å²) in [6.45, 7) is 0. The lowest BCUT2D eigenvalue weighted by atomic mass is 9.75. The lowest BCUT2D eigenvalue weighted by Gasteiger charge is -2.25. The number of fused-ring (bicyclic) bond motifs is 1. The summed E-state index contributed by atoms with van der Waals surface area (Å²) >= 11 is 0. The van der Waals surface area contributed by atoms with E-state index in [4.69, 9.17) is 10.2 Å². The molecule has 1 aromatic rings. The van der Waals surface area contributed by atoms with E-state index in [9.17, 15) is 19.2 Å². The standard InChI is InChI=1S/C16H15NO6/c18-13-11-6-3-9(16(22)23)7-12(11)14(19)17(13)10-4-1-8(2-5-10)15(20)21/h1-2,4-5,9,11-12H,3,6-7H2,(H,20,21)(H,22,23)/t9-,11+,12-/m1/s1. The number of carbonyl (C=O) groups is 4. The Morgan fingerprint density at radius 2 is 1.57 bits per heavy atom. The molecule has 0 spiro atoms. The third-order valence-electron chi connectivity index (χ3n) is 4.65. The van der Waals surface area contributed by atoms with Crippen molar-refractivity contribution >= 4 is 29.4 Å². The molecule has 1 saturated carbocycles. The number of imide groups is 1. The number of aliphatic carboxylic acids is 1. The Morgan fingerprint density at radius 3 is 2.13 bits per heavy atom. The number of anilines is 1. The minimum atomic E-state index is -1.09. The molecule has 23 heavy (non-hydrogen) atoms. The van der Waals surface area contributed by atoms with Crippen LogP contribution in [0.5, 0.6) is 0 Å². The lowest BCUT2D eigenvalue weighted by molar-refractivity contribution is -0.144. The first-order chi connectivity index (χ1) is 10.9. The SMILES string of the molecule is O=C(O)c1ccc(N2C(=O)[C@H]3CC[C@@H](C(=O)O)C[C@H]3C2=O)cc1.